The fraction of sp³-hybridized carbons (Fsp3) is 0.364. The van der Waals surface area contributed by atoms with Gasteiger partial charge >= 0.3 is 6.18 Å². The Bertz CT molecular complexity index is 429. The Hall–Kier alpha value is -1.07. The van der Waals surface area contributed by atoms with Crippen LogP contribution >= 0.6 is 11.6 Å². The molecule has 1 atom stereocenters. The monoisotopic (exact) mass is 265 g/mol. The highest BCUT2D eigenvalue weighted by molar-refractivity contribution is 6.30. The van der Waals surface area contributed by atoms with E-state index in [2.05, 4.69) is 0 Å². The zero-order valence-corrected chi connectivity index (χ0v) is 9.77. The van der Waals surface area contributed by atoms with Gasteiger partial charge < -0.3 is 5.73 Å². The van der Waals surface area contributed by atoms with Gasteiger partial charge in [-0.3, -0.25) is 4.79 Å². The molecule has 0 amide bonds. The summed E-state index contributed by atoms with van der Waals surface area (Å²) in [6.07, 6.45) is -5.16. The number of halogens is 4. The molecule has 0 aliphatic heterocycles. The first-order chi connectivity index (χ1) is 7.64. The molecule has 0 aromatic heterocycles. The number of alkyl halides is 3. The van der Waals surface area contributed by atoms with Crippen LogP contribution < -0.4 is 5.73 Å². The SMILES string of the molecule is CC(N)(C(=O)Cc1cccc(Cl)c1)C(F)(F)F. The molecule has 0 radical (unpaired) electrons. The van der Waals surface area contributed by atoms with Crippen LogP contribution in [0.1, 0.15) is 12.5 Å². The van der Waals surface area contributed by atoms with Crippen LogP contribution in [0.3, 0.4) is 0 Å². The lowest BCUT2D eigenvalue weighted by atomic mass is 9.92. The molecule has 0 fully saturated rings. The number of Topliss-reactive ketones (excluding diaryl/α,β-unsaturated/α-hetero) is 1. The van der Waals surface area contributed by atoms with Crippen molar-refractivity contribution in [3.8, 4) is 0 Å². The van der Waals surface area contributed by atoms with Crippen molar-refractivity contribution in [1.29, 1.82) is 0 Å². The number of rotatable bonds is 3. The number of hydrogen-bond acceptors (Lipinski definition) is 2. The first kappa shape index (κ1) is 14.0. The number of benzene rings is 1. The van der Waals surface area contributed by atoms with Crippen LogP contribution in [-0.2, 0) is 11.2 Å². The third kappa shape index (κ3) is 3.20. The first-order valence-corrected chi connectivity index (χ1v) is 5.16. The van der Waals surface area contributed by atoms with Crippen LogP contribution in [0.4, 0.5) is 13.2 Å². The summed E-state index contributed by atoms with van der Waals surface area (Å²) in [6.45, 7) is 0.667. The van der Waals surface area contributed by atoms with Gasteiger partial charge in [-0.1, -0.05) is 23.7 Å². The van der Waals surface area contributed by atoms with Crippen molar-refractivity contribution in [2.45, 2.75) is 25.1 Å². The zero-order valence-electron chi connectivity index (χ0n) is 9.01. The summed E-state index contributed by atoms with van der Waals surface area (Å²) in [6, 6.07) is 6.09. The minimum absolute atomic E-state index is 0.362. The molecule has 0 saturated heterocycles. The summed E-state index contributed by atoms with van der Waals surface area (Å²) >= 11 is 5.67. The second-order valence-electron chi connectivity index (χ2n) is 3.93. The average molecular weight is 266 g/mol. The van der Waals surface area contributed by atoms with Crippen LogP contribution in [-0.4, -0.2) is 17.5 Å². The molecule has 0 aliphatic rings. The van der Waals surface area contributed by atoms with Crippen molar-refractivity contribution in [3.63, 3.8) is 0 Å². The largest absolute Gasteiger partial charge is 0.413 e. The summed E-state index contributed by atoms with van der Waals surface area (Å²) in [7, 11) is 0. The predicted molar refractivity (Wildman–Crippen MR) is 58.8 cm³/mol. The maximum atomic E-state index is 12.5. The molecule has 94 valence electrons. The zero-order chi connectivity index (χ0) is 13.3. The Labute approximate surface area is 102 Å². The molecule has 1 aromatic carbocycles. The lowest BCUT2D eigenvalue weighted by Crippen LogP contribution is -2.57. The molecule has 6 heteroatoms. The topological polar surface area (TPSA) is 43.1 Å². The molecule has 0 aliphatic carbocycles. The van der Waals surface area contributed by atoms with Crippen molar-refractivity contribution in [2.75, 3.05) is 0 Å². The summed E-state index contributed by atoms with van der Waals surface area (Å²) in [5, 5.41) is 0.362. The number of nitrogens with two attached hydrogens (primary N) is 1. The van der Waals surface area contributed by atoms with Crippen LogP contribution in [0.5, 0.6) is 0 Å². The van der Waals surface area contributed by atoms with Gasteiger partial charge in [-0.2, -0.15) is 13.2 Å². The lowest BCUT2D eigenvalue weighted by molar-refractivity contribution is -0.185. The molecular weight excluding hydrogens is 255 g/mol. The van der Waals surface area contributed by atoms with Crippen molar-refractivity contribution >= 4 is 17.4 Å². The molecular formula is C11H11ClF3NO. The highest BCUT2D eigenvalue weighted by Crippen LogP contribution is 2.29. The summed E-state index contributed by atoms with van der Waals surface area (Å²) in [4.78, 5) is 11.5. The summed E-state index contributed by atoms with van der Waals surface area (Å²) < 4.78 is 37.5. The van der Waals surface area contributed by atoms with E-state index in [-0.39, 0.29) is 0 Å². The van der Waals surface area contributed by atoms with Crippen molar-refractivity contribution in [1.82, 2.24) is 0 Å². The molecule has 1 rings (SSSR count). The minimum Gasteiger partial charge on any atom is -0.312 e. The number of carbonyl (C=O) groups excluding carboxylic acids is 1. The quantitative estimate of drug-likeness (QED) is 0.913. The van der Waals surface area contributed by atoms with Crippen LogP contribution in [0, 0.1) is 0 Å². The van der Waals surface area contributed by atoms with Crippen LogP contribution in [0.15, 0.2) is 24.3 Å². The first-order valence-electron chi connectivity index (χ1n) is 4.78. The maximum absolute atomic E-state index is 12.5. The van der Waals surface area contributed by atoms with Gasteiger partial charge in [-0.15, -0.1) is 0 Å². The summed E-state index contributed by atoms with van der Waals surface area (Å²) in [5.74, 6) is -1.09. The predicted octanol–water partition coefficient (Wildman–Crippen LogP) is 2.73. The second kappa shape index (κ2) is 4.66. The van der Waals surface area contributed by atoms with Gasteiger partial charge in [0, 0.05) is 11.4 Å². The van der Waals surface area contributed by atoms with E-state index < -0.39 is 23.9 Å². The van der Waals surface area contributed by atoms with Gasteiger partial charge in [-0.05, 0) is 24.6 Å². The fourth-order valence-corrected chi connectivity index (χ4v) is 1.39. The smallest absolute Gasteiger partial charge is 0.312 e. The number of ketones is 1. The molecule has 2 nitrogen and oxygen atoms in total. The Kier molecular flexibility index (Phi) is 3.84. The van der Waals surface area contributed by atoms with E-state index in [0.717, 1.165) is 0 Å². The molecule has 1 unspecified atom stereocenters. The van der Waals surface area contributed by atoms with Gasteiger partial charge in [0.25, 0.3) is 0 Å². The van der Waals surface area contributed by atoms with Crippen molar-refractivity contribution in [2.24, 2.45) is 5.73 Å². The van der Waals surface area contributed by atoms with E-state index in [0.29, 0.717) is 17.5 Å². The molecule has 0 bridgehead atoms. The average Bonchev–Trinajstić information content (AvgIpc) is 2.15. The Balaban J connectivity index is 2.87. The van der Waals surface area contributed by atoms with E-state index in [4.69, 9.17) is 17.3 Å². The molecule has 1 aromatic rings. The van der Waals surface area contributed by atoms with Crippen molar-refractivity contribution in [3.05, 3.63) is 34.9 Å². The Morgan fingerprint density at radius 1 is 1.41 bits per heavy atom. The molecule has 0 spiro atoms. The summed E-state index contributed by atoms with van der Waals surface area (Å²) in [5.41, 5.74) is 2.58. The lowest BCUT2D eigenvalue weighted by Gasteiger charge is -2.25. The Morgan fingerprint density at radius 3 is 2.47 bits per heavy atom. The Morgan fingerprint density at radius 2 is 2.00 bits per heavy atom. The standard InChI is InChI=1S/C11H11ClF3NO/c1-10(16,11(13,14)15)9(17)6-7-3-2-4-8(12)5-7/h2-5H,6,16H2,1H3. The van der Waals surface area contributed by atoms with Crippen molar-refractivity contribution < 1.29 is 18.0 Å². The molecule has 0 saturated carbocycles. The second-order valence-corrected chi connectivity index (χ2v) is 4.37. The van der Waals surface area contributed by atoms with Gasteiger partial charge in [-0.25, -0.2) is 0 Å². The third-order valence-electron chi connectivity index (χ3n) is 2.42. The maximum Gasteiger partial charge on any atom is 0.413 e. The fourth-order valence-electron chi connectivity index (χ4n) is 1.17. The van der Waals surface area contributed by atoms with E-state index in [1.165, 1.54) is 12.1 Å². The van der Waals surface area contributed by atoms with Gasteiger partial charge in [0.1, 0.15) is 0 Å². The van der Waals surface area contributed by atoms with E-state index >= 15 is 0 Å². The van der Waals surface area contributed by atoms with E-state index in [9.17, 15) is 18.0 Å². The van der Waals surface area contributed by atoms with Crippen LogP contribution in [0.25, 0.3) is 0 Å². The normalized spacial score (nSPS) is 15.4. The molecule has 2 N–H and O–H groups in total. The highest BCUT2D eigenvalue weighted by atomic mass is 35.5. The third-order valence-corrected chi connectivity index (χ3v) is 2.66. The van der Waals surface area contributed by atoms with E-state index in [1.807, 2.05) is 0 Å². The van der Waals surface area contributed by atoms with Gasteiger partial charge in [0.05, 0.1) is 0 Å². The number of carbonyl (C=O) groups is 1. The van der Waals surface area contributed by atoms with Gasteiger partial charge in [0.2, 0.25) is 0 Å². The van der Waals surface area contributed by atoms with E-state index in [1.54, 1.807) is 12.1 Å². The minimum atomic E-state index is -4.76. The van der Waals surface area contributed by atoms with Crippen LogP contribution in [0.2, 0.25) is 5.02 Å². The van der Waals surface area contributed by atoms with Gasteiger partial charge in [0.15, 0.2) is 11.3 Å². The molecule has 17 heavy (non-hydrogen) atoms. The molecule has 0 heterocycles. The number of hydrogen-bond donors (Lipinski definition) is 1. The highest BCUT2D eigenvalue weighted by Gasteiger charge is 2.53.